The van der Waals surface area contributed by atoms with Crippen LogP contribution in [0.15, 0.2) is 0 Å². The Morgan fingerprint density at radius 1 is 1.33 bits per heavy atom. The molecule has 1 amide bonds. The Bertz CT molecular complexity index is 196. The van der Waals surface area contributed by atoms with Crippen molar-refractivity contribution in [1.29, 1.82) is 0 Å². The van der Waals surface area contributed by atoms with E-state index in [4.69, 9.17) is 5.73 Å². The Hall–Kier alpha value is -0.570. The number of carbonyl (C=O) groups is 1. The second kappa shape index (κ2) is 6.11. The number of likely N-dealkylation sites (tertiary alicyclic amines) is 1. The van der Waals surface area contributed by atoms with Crippen LogP contribution in [0.1, 0.15) is 46.0 Å². The van der Waals surface area contributed by atoms with E-state index in [1.807, 2.05) is 4.90 Å². The van der Waals surface area contributed by atoms with Gasteiger partial charge in [0.05, 0.1) is 0 Å². The number of hydrogen-bond donors (Lipinski definition) is 1. The molecule has 0 aromatic rings. The van der Waals surface area contributed by atoms with Crippen LogP contribution in [0.4, 0.5) is 0 Å². The van der Waals surface area contributed by atoms with E-state index < -0.39 is 0 Å². The van der Waals surface area contributed by atoms with Crippen molar-refractivity contribution in [2.24, 2.45) is 11.7 Å². The minimum atomic E-state index is 0.185. The highest BCUT2D eigenvalue weighted by atomic mass is 16.2. The fraction of sp³-hybridized carbons (Fsp3) is 0.917. The molecule has 2 atom stereocenters. The largest absolute Gasteiger partial charge is 0.341 e. The van der Waals surface area contributed by atoms with Gasteiger partial charge in [-0.1, -0.05) is 33.1 Å². The van der Waals surface area contributed by atoms with Crippen LogP contribution < -0.4 is 5.73 Å². The molecule has 1 aliphatic heterocycles. The van der Waals surface area contributed by atoms with E-state index in [-0.39, 0.29) is 6.04 Å². The van der Waals surface area contributed by atoms with Crippen LogP contribution >= 0.6 is 0 Å². The van der Waals surface area contributed by atoms with Crippen molar-refractivity contribution in [3.63, 3.8) is 0 Å². The van der Waals surface area contributed by atoms with Gasteiger partial charge in [-0.05, 0) is 12.3 Å². The average Bonchev–Trinajstić information content (AvgIpc) is 2.54. The van der Waals surface area contributed by atoms with Gasteiger partial charge in [0.2, 0.25) is 5.91 Å². The highest BCUT2D eigenvalue weighted by molar-refractivity contribution is 5.76. The summed E-state index contributed by atoms with van der Waals surface area (Å²) in [7, 11) is 0. The van der Waals surface area contributed by atoms with Gasteiger partial charge in [-0.25, -0.2) is 0 Å². The van der Waals surface area contributed by atoms with Gasteiger partial charge in [0, 0.05) is 25.6 Å². The molecule has 0 aliphatic carbocycles. The summed E-state index contributed by atoms with van der Waals surface area (Å²) >= 11 is 0. The van der Waals surface area contributed by atoms with E-state index in [0.29, 0.717) is 18.2 Å². The minimum absolute atomic E-state index is 0.185. The molecule has 0 aromatic heterocycles. The van der Waals surface area contributed by atoms with E-state index in [1.165, 1.54) is 19.3 Å². The summed E-state index contributed by atoms with van der Waals surface area (Å²) in [5.74, 6) is 0.760. The zero-order valence-corrected chi connectivity index (χ0v) is 10.0. The summed E-state index contributed by atoms with van der Waals surface area (Å²) in [5.41, 5.74) is 5.89. The van der Waals surface area contributed by atoms with Gasteiger partial charge in [-0.15, -0.1) is 0 Å². The van der Waals surface area contributed by atoms with Crippen molar-refractivity contribution in [3.05, 3.63) is 0 Å². The Labute approximate surface area is 93.0 Å². The maximum atomic E-state index is 11.8. The lowest BCUT2D eigenvalue weighted by molar-refractivity contribution is -0.130. The first-order valence-corrected chi connectivity index (χ1v) is 6.18. The molecule has 1 saturated heterocycles. The first-order chi connectivity index (χ1) is 7.15. The van der Waals surface area contributed by atoms with E-state index in [0.717, 1.165) is 19.5 Å². The predicted molar refractivity (Wildman–Crippen MR) is 62.5 cm³/mol. The zero-order chi connectivity index (χ0) is 11.3. The molecule has 0 aromatic carbocycles. The van der Waals surface area contributed by atoms with Gasteiger partial charge in [0.25, 0.3) is 0 Å². The number of unbranched alkanes of at least 4 members (excludes halogenated alkanes) is 3. The number of carbonyl (C=O) groups excluding carboxylic acids is 1. The summed E-state index contributed by atoms with van der Waals surface area (Å²) in [4.78, 5) is 13.7. The van der Waals surface area contributed by atoms with Crippen LogP contribution in [0.5, 0.6) is 0 Å². The quantitative estimate of drug-likeness (QED) is 0.706. The Morgan fingerprint density at radius 3 is 2.60 bits per heavy atom. The molecule has 0 spiro atoms. The van der Waals surface area contributed by atoms with Crippen molar-refractivity contribution in [3.8, 4) is 0 Å². The van der Waals surface area contributed by atoms with Gasteiger partial charge in [0.1, 0.15) is 0 Å². The van der Waals surface area contributed by atoms with Crippen molar-refractivity contribution < 1.29 is 4.79 Å². The second-order valence-electron chi connectivity index (χ2n) is 4.75. The van der Waals surface area contributed by atoms with E-state index >= 15 is 0 Å². The Morgan fingerprint density at radius 2 is 2.07 bits per heavy atom. The third kappa shape index (κ3) is 3.82. The Kier molecular flexibility index (Phi) is 5.09. The molecule has 0 saturated carbocycles. The molecule has 3 nitrogen and oxygen atoms in total. The first-order valence-electron chi connectivity index (χ1n) is 6.18. The summed E-state index contributed by atoms with van der Waals surface area (Å²) in [5, 5.41) is 0. The van der Waals surface area contributed by atoms with Gasteiger partial charge in [-0.3, -0.25) is 4.79 Å². The summed E-state index contributed by atoms with van der Waals surface area (Å²) in [6.45, 7) is 5.92. The van der Waals surface area contributed by atoms with E-state index in [1.54, 1.807) is 0 Å². The zero-order valence-electron chi connectivity index (χ0n) is 10.0. The number of amides is 1. The number of hydrogen-bond acceptors (Lipinski definition) is 2. The molecule has 0 bridgehead atoms. The maximum absolute atomic E-state index is 11.8. The summed E-state index contributed by atoms with van der Waals surface area (Å²) < 4.78 is 0. The summed E-state index contributed by atoms with van der Waals surface area (Å²) in [6, 6.07) is 0.185. The number of rotatable bonds is 5. The van der Waals surface area contributed by atoms with Gasteiger partial charge in [-0.2, -0.15) is 0 Å². The monoisotopic (exact) mass is 212 g/mol. The minimum Gasteiger partial charge on any atom is -0.341 e. The van der Waals surface area contributed by atoms with Crippen LogP contribution in [0.25, 0.3) is 0 Å². The van der Waals surface area contributed by atoms with Gasteiger partial charge >= 0.3 is 0 Å². The molecule has 2 unspecified atom stereocenters. The van der Waals surface area contributed by atoms with Crippen molar-refractivity contribution in [2.45, 2.75) is 52.0 Å². The molecule has 3 heteroatoms. The lowest BCUT2D eigenvalue weighted by atomic mass is 10.1. The van der Waals surface area contributed by atoms with Crippen LogP contribution in [0.2, 0.25) is 0 Å². The smallest absolute Gasteiger partial charge is 0.222 e. The van der Waals surface area contributed by atoms with Gasteiger partial charge in [0.15, 0.2) is 0 Å². The maximum Gasteiger partial charge on any atom is 0.222 e. The normalized spacial score (nSPS) is 25.9. The molecule has 0 radical (unpaired) electrons. The number of nitrogens with zero attached hydrogens (tertiary/aromatic N) is 1. The SMILES string of the molecule is CCCCCCC(=O)N1CC(C)C(N)C1. The molecule has 1 fully saturated rings. The fourth-order valence-electron chi connectivity index (χ4n) is 2.06. The fourth-order valence-corrected chi connectivity index (χ4v) is 2.06. The molecule has 2 N–H and O–H groups in total. The molecule has 1 heterocycles. The van der Waals surface area contributed by atoms with E-state index in [9.17, 15) is 4.79 Å². The third-order valence-electron chi connectivity index (χ3n) is 3.27. The average molecular weight is 212 g/mol. The highest BCUT2D eigenvalue weighted by Gasteiger charge is 2.29. The summed E-state index contributed by atoms with van der Waals surface area (Å²) in [6.07, 6.45) is 5.38. The Balaban J connectivity index is 2.18. The van der Waals surface area contributed by atoms with Crippen LogP contribution in [-0.4, -0.2) is 29.9 Å². The second-order valence-corrected chi connectivity index (χ2v) is 4.75. The lowest BCUT2D eigenvalue weighted by Crippen LogP contribution is -2.31. The molecule has 88 valence electrons. The standard InChI is InChI=1S/C12H24N2O/c1-3-4-5-6-7-12(15)14-8-10(2)11(13)9-14/h10-11H,3-9,13H2,1-2H3. The molecule has 1 rings (SSSR count). The van der Waals surface area contributed by atoms with Crippen LogP contribution in [0, 0.1) is 5.92 Å². The molecular formula is C12H24N2O. The molecule has 15 heavy (non-hydrogen) atoms. The van der Waals surface area contributed by atoms with E-state index in [2.05, 4.69) is 13.8 Å². The number of nitrogens with two attached hydrogens (primary N) is 1. The molecule has 1 aliphatic rings. The van der Waals surface area contributed by atoms with Crippen molar-refractivity contribution in [2.75, 3.05) is 13.1 Å². The van der Waals surface area contributed by atoms with Crippen molar-refractivity contribution in [1.82, 2.24) is 4.90 Å². The predicted octanol–water partition coefficient (Wildman–Crippen LogP) is 1.76. The highest BCUT2D eigenvalue weighted by Crippen LogP contribution is 2.16. The van der Waals surface area contributed by atoms with Crippen LogP contribution in [-0.2, 0) is 4.79 Å². The third-order valence-corrected chi connectivity index (χ3v) is 3.27. The molecular weight excluding hydrogens is 188 g/mol. The van der Waals surface area contributed by atoms with Gasteiger partial charge < -0.3 is 10.6 Å². The topological polar surface area (TPSA) is 46.3 Å². The first kappa shape index (κ1) is 12.5. The lowest BCUT2D eigenvalue weighted by Gasteiger charge is -2.15. The van der Waals surface area contributed by atoms with Crippen molar-refractivity contribution >= 4 is 5.91 Å². The van der Waals surface area contributed by atoms with Crippen LogP contribution in [0.3, 0.4) is 0 Å².